The molecule has 0 saturated heterocycles. The number of thioether (sulfide) groups is 1. The van der Waals surface area contributed by atoms with Gasteiger partial charge in [0.2, 0.25) is 0 Å². The molecule has 0 heterocycles. The zero-order valence-electron chi connectivity index (χ0n) is 6.98. The van der Waals surface area contributed by atoms with Crippen LogP contribution in [-0.4, -0.2) is 21.9 Å². The van der Waals surface area contributed by atoms with Crippen LogP contribution in [0.2, 0.25) is 0 Å². The van der Waals surface area contributed by atoms with Crippen LogP contribution in [0.5, 0.6) is 0 Å². The molecule has 0 aliphatic rings. The molecule has 4 heteroatoms. The molecule has 0 amide bonds. The van der Waals surface area contributed by atoms with Crippen LogP contribution in [0.1, 0.15) is 5.56 Å². The van der Waals surface area contributed by atoms with Crippen LogP contribution in [0, 0.1) is 0 Å². The lowest BCUT2D eigenvalue weighted by Crippen LogP contribution is -1.97. The topological polar surface area (TPSA) is 32.6 Å². The largest absolute Gasteiger partial charge is 0.410 e. The molecular weight excluding hydrogens is 206 g/mol. The van der Waals surface area contributed by atoms with Crippen LogP contribution in [0.15, 0.2) is 35.5 Å². The summed E-state index contributed by atoms with van der Waals surface area (Å²) in [5.41, 5.74) is 0.917. The molecule has 0 aliphatic carbocycles. The van der Waals surface area contributed by atoms with Crippen LogP contribution in [0.3, 0.4) is 0 Å². The van der Waals surface area contributed by atoms with Gasteiger partial charge in [-0.25, -0.2) is 0 Å². The van der Waals surface area contributed by atoms with Crippen molar-refractivity contribution < 1.29 is 5.21 Å². The normalized spacial score (nSPS) is 11.6. The summed E-state index contributed by atoms with van der Waals surface area (Å²) in [6.07, 6.45) is 0. The highest BCUT2D eigenvalue weighted by Gasteiger charge is 2.02. The molecule has 1 aromatic carbocycles. The van der Waals surface area contributed by atoms with E-state index >= 15 is 0 Å². The van der Waals surface area contributed by atoms with Crippen LogP contribution in [0.25, 0.3) is 0 Å². The first kappa shape index (κ1) is 10.4. The lowest BCUT2D eigenvalue weighted by atomic mass is 10.2. The van der Waals surface area contributed by atoms with Gasteiger partial charge in [0.1, 0.15) is 5.04 Å². The molecule has 1 rings (SSSR count). The molecule has 1 aromatic rings. The van der Waals surface area contributed by atoms with E-state index in [0.717, 1.165) is 11.3 Å². The molecule has 0 saturated carbocycles. The quantitative estimate of drug-likeness (QED) is 0.277. The Hall–Kier alpha value is -0.670. The monoisotopic (exact) mass is 215 g/mol. The molecule has 0 bridgehead atoms. The first-order valence-electron chi connectivity index (χ1n) is 3.84. The fourth-order valence-corrected chi connectivity index (χ4v) is 1.75. The maximum absolute atomic E-state index is 8.73. The lowest BCUT2D eigenvalue weighted by Gasteiger charge is -2.01. The van der Waals surface area contributed by atoms with Gasteiger partial charge in [0.05, 0.1) is 0 Å². The predicted molar refractivity (Wildman–Crippen MR) is 57.9 cm³/mol. The van der Waals surface area contributed by atoms with Crippen molar-refractivity contribution in [1.29, 1.82) is 0 Å². The van der Waals surface area contributed by atoms with E-state index in [9.17, 15) is 0 Å². The lowest BCUT2D eigenvalue weighted by molar-refractivity contribution is 0.321. The van der Waals surface area contributed by atoms with E-state index in [0.29, 0.717) is 10.9 Å². The second-order valence-electron chi connectivity index (χ2n) is 2.31. The van der Waals surface area contributed by atoms with Crippen molar-refractivity contribution in [1.82, 2.24) is 0 Å². The molecule has 0 unspecified atom stereocenters. The number of halogens is 1. The zero-order chi connectivity index (χ0) is 9.52. The Bertz CT molecular complexity index is 276. The maximum Gasteiger partial charge on any atom is 0.143 e. The third kappa shape index (κ3) is 3.28. The number of nitrogens with zero attached hydrogens (tertiary/aromatic N) is 1. The first-order chi connectivity index (χ1) is 6.38. The second kappa shape index (κ2) is 5.89. The number of benzene rings is 1. The van der Waals surface area contributed by atoms with Crippen molar-refractivity contribution in [2.45, 2.75) is 0 Å². The van der Waals surface area contributed by atoms with E-state index in [-0.39, 0.29) is 0 Å². The SMILES string of the molecule is ON=C(SCCCl)c1ccccc1. The minimum Gasteiger partial charge on any atom is -0.410 e. The molecule has 0 aromatic heterocycles. The molecule has 0 spiro atoms. The van der Waals surface area contributed by atoms with Gasteiger partial charge in [0, 0.05) is 17.2 Å². The van der Waals surface area contributed by atoms with Crippen molar-refractivity contribution in [3.63, 3.8) is 0 Å². The fourth-order valence-electron chi connectivity index (χ4n) is 0.886. The van der Waals surface area contributed by atoms with Crippen LogP contribution in [0.4, 0.5) is 0 Å². The van der Waals surface area contributed by atoms with Crippen molar-refractivity contribution in [2.75, 3.05) is 11.6 Å². The van der Waals surface area contributed by atoms with E-state index in [1.54, 1.807) is 0 Å². The minimum atomic E-state index is 0.552. The van der Waals surface area contributed by atoms with Gasteiger partial charge in [0.25, 0.3) is 0 Å². The Balaban J connectivity index is 2.69. The van der Waals surface area contributed by atoms with Crippen molar-refractivity contribution in [3.05, 3.63) is 35.9 Å². The number of rotatable bonds is 3. The van der Waals surface area contributed by atoms with Crippen LogP contribution >= 0.6 is 23.4 Å². The standard InChI is InChI=1S/C9H10ClNOS/c10-6-7-13-9(11-12)8-4-2-1-3-5-8/h1-5,12H,6-7H2. The summed E-state index contributed by atoms with van der Waals surface area (Å²) in [5, 5.41) is 12.6. The van der Waals surface area contributed by atoms with Gasteiger partial charge in [-0.15, -0.1) is 23.4 Å². The predicted octanol–water partition coefficient (Wildman–Crippen LogP) is 2.79. The Kier molecular flexibility index (Phi) is 4.72. The summed E-state index contributed by atoms with van der Waals surface area (Å²) >= 11 is 6.98. The highest BCUT2D eigenvalue weighted by molar-refractivity contribution is 8.14. The average Bonchev–Trinajstić information content (AvgIpc) is 2.21. The number of hydrogen-bond acceptors (Lipinski definition) is 3. The minimum absolute atomic E-state index is 0.552. The third-order valence-corrected chi connectivity index (χ3v) is 2.84. The van der Waals surface area contributed by atoms with E-state index < -0.39 is 0 Å². The highest BCUT2D eigenvalue weighted by atomic mass is 35.5. The average molecular weight is 216 g/mol. The van der Waals surface area contributed by atoms with Crippen LogP contribution < -0.4 is 0 Å². The molecular formula is C9H10ClNOS. The van der Waals surface area contributed by atoms with Gasteiger partial charge in [-0.05, 0) is 0 Å². The number of hydrogen-bond donors (Lipinski definition) is 1. The molecule has 13 heavy (non-hydrogen) atoms. The Morgan fingerprint density at radius 3 is 2.62 bits per heavy atom. The van der Waals surface area contributed by atoms with Gasteiger partial charge in [-0.3, -0.25) is 0 Å². The van der Waals surface area contributed by atoms with Gasteiger partial charge in [-0.1, -0.05) is 35.5 Å². The molecule has 70 valence electrons. The van der Waals surface area contributed by atoms with Gasteiger partial charge < -0.3 is 5.21 Å². The molecule has 1 N–H and O–H groups in total. The van der Waals surface area contributed by atoms with Gasteiger partial charge >= 0.3 is 0 Å². The Labute approximate surface area is 86.6 Å². The summed E-state index contributed by atoms with van der Waals surface area (Å²) in [7, 11) is 0. The zero-order valence-corrected chi connectivity index (χ0v) is 8.55. The molecule has 2 nitrogen and oxygen atoms in total. The summed E-state index contributed by atoms with van der Waals surface area (Å²) in [4.78, 5) is 0. The van der Waals surface area contributed by atoms with Gasteiger partial charge in [0.15, 0.2) is 0 Å². The smallest absolute Gasteiger partial charge is 0.143 e. The maximum atomic E-state index is 8.73. The van der Waals surface area contributed by atoms with Crippen molar-refractivity contribution in [2.24, 2.45) is 5.16 Å². The second-order valence-corrected chi connectivity index (χ2v) is 3.77. The summed E-state index contributed by atoms with van der Waals surface area (Å²) < 4.78 is 0. The van der Waals surface area contributed by atoms with E-state index in [1.165, 1.54) is 11.8 Å². The Morgan fingerprint density at radius 2 is 2.08 bits per heavy atom. The van der Waals surface area contributed by atoms with Crippen molar-refractivity contribution >= 4 is 28.4 Å². The van der Waals surface area contributed by atoms with Gasteiger partial charge in [-0.2, -0.15) is 0 Å². The first-order valence-corrected chi connectivity index (χ1v) is 5.36. The van der Waals surface area contributed by atoms with E-state index in [2.05, 4.69) is 5.16 Å². The molecule has 0 atom stereocenters. The summed E-state index contributed by atoms with van der Waals surface area (Å²) in [6, 6.07) is 9.53. The highest BCUT2D eigenvalue weighted by Crippen LogP contribution is 2.13. The molecule has 0 radical (unpaired) electrons. The van der Waals surface area contributed by atoms with E-state index in [4.69, 9.17) is 16.8 Å². The third-order valence-electron chi connectivity index (χ3n) is 1.43. The molecule has 0 fully saturated rings. The fraction of sp³-hybridized carbons (Fsp3) is 0.222. The Morgan fingerprint density at radius 1 is 1.38 bits per heavy atom. The summed E-state index contributed by atoms with van der Waals surface area (Å²) in [5.74, 6) is 1.30. The summed E-state index contributed by atoms with van der Waals surface area (Å²) in [6.45, 7) is 0. The number of oxime groups is 1. The molecule has 0 aliphatic heterocycles. The number of alkyl halides is 1. The van der Waals surface area contributed by atoms with E-state index in [1.807, 2.05) is 30.3 Å². The van der Waals surface area contributed by atoms with Crippen LogP contribution in [-0.2, 0) is 0 Å². The van der Waals surface area contributed by atoms with Crippen molar-refractivity contribution in [3.8, 4) is 0 Å².